The third-order valence-corrected chi connectivity index (χ3v) is 6.57. The summed E-state index contributed by atoms with van der Waals surface area (Å²) < 4.78 is 27.4. The van der Waals surface area contributed by atoms with Gasteiger partial charge < -0.3 is 14.4 Å². The monoisotopic (exact) mass is 498 g/mol. The Balaban J connectivity index is 1.49. The van der Waals surface area contributed by atoms with Gasteiger partial charge in [0, 0.05) is 37.0 Å². The molecule has 0 N–H and O–H groups in total. The Kier molecular flexibility index (Phi) is 6.78. The summed E-state index contributed by atoms with van der Waals surface area (Å²) in [5.41, 5.74) is 3.60. The molecule has 5 rings (SSSR count). The van der Waals surface area contributed by atoms with Crippen LogP contribution in [0.4, 0.5) is 4.39 Å². The first-order valence-corrected chi connectivity index (χ1v) is 12.2. The van der Waals surface area contributed by atoms with Crippen LogP contribution in [0.5, 0.6) is 17.2 Å². The van der Waals surface area contributed by atoms with Crippen LogP contribution in [0, 0.1) is 17.7 Å². The first kappa shape index (κ1) is 24.3. The molecule has 8 heteroatoms. The second-order valence-electron chi connectivity index (χ2n) is 8.78. The lowest BCUT2D eigenvalue weighted by Crippen LogP contribution is -2.27. The number of likely N-dealkylation sites (tertiary alicyclic amines) is 1. The molecule has 188 valence electrons. The minimum Gasteiger partial charge on any atom is -0.494 e. The summed E-state index contributed by atoms with van der Waals surface area (Å²) in [7, 11) is 1.42. The maximum atomic E-state index is 14.5. The SMILES string of the molecule is CC#CC(=O)N1CCC(c2nc(-c3ccc(Oc4cccc(OC)c4F)cc3)c3c(CC)nccn23)C1. The molecule has 0 bridgehead atoms. The smallest absolute Gasteiger partial charge is 0.298 e. The molecule has 37 heavy (non-hydrogen) atoms. The summed E-state index contributed by atoms with van der Waals surface area (Å²) in [6.07, 6.45) is 5.29. The number of aromatic nitrogens is 3. The maximum absolute atomic E-state index is 14.5. The molecular formula is C29H27FN4O3. The van der Waals surface area contributed by atoms with Crippen LogP contribution in [-0.4, -0.2) is 45.4 Å². The molecular weight excluding hydrogens is 471 g/mol. The van der Waals surface area contributed by atoms with E-state index in [1.807, 2.05) is 18.3 Å². The van der Waals surface area contributed by atoms with Crippen LogP contribution in [0.25, 0.3) is 16.8 Å². The first-order chi connectivity index (χ1) is 18.0. The van der Waals surface area contributed by atoms with Gasteiger partial charge in [-0.05, 0) is 62.1 Å². The molecule has 0 saturated carbocycles. The van der Waals surface area contributed by atoms with E-state index in [0.717, 1.165) is 41.1 Å². The number of carbonyl (C=O) groups excluding carboxylic acids is 1. The highest BCUT2D eigenvalue weighted by Gasteiger charge is 2.31. The Morgan fingerprint density at radius 2 is 1.97 bits per heavy atom. The van der Waals surface area contributed by atoms with Crippen molar-refractivity contribution in [2.24, 2.45) is 0 Å². The lowest BCUT2D eigenvalue weighted by molar-refractivity contribution is -0.124. The number of hydrogen-bond acceptors (Lipinski definition) is 5. The largest absolute Gasteiger partial charge is 0.494 e. The summed E-state index contributed by atoms with van der Waals surface area (Å²) in [4.78, 5) is 23.8. The van der Waals surface area contributed by atoms with Crippen LogP contribution in [0.2, 0.25) is 0 Å². The topological polar surface area (TPSA) is 69.0 Å². The van der Waals surface area contributed by atoms with Crippen LogP contribution in [0.3, 0.4) is 0 Å². The van der Waals surface area contributed by atoms with Gasteiger partial charge in [-0.2, -0.15) is 4.39 Å². The van der Waals surface area contributed by atoms with Gasteiger partial charge in [0.25, 0.3) is 5.91 Å². The fraction of sp³-hybridized carbons (Fsp3) is 0.276. The fourth-order valence-corrected chi connectivity index (χ4v) is 4.75. The summed E-state index contributed by atoms with van der Waals surface area (Å²) >= 11 is 0. The van der Waals surface area contributed by atoms with Crippen molar-refractivity contribution in [3.63, 3.8) is 0 Å². The van der Waals surface area contributed by atoms with E-state index in [2.05, 4.69) is 28.1 Å². The van der Waals surface area contributed by atoms with Crippen molar-refractivity contribution in [1.29, 1.82) is 0 Å². The first-order valence-electron chi connectivity index (χ1n) is 12.2. The zero-order valence-corrected chi connectivity index (χ0v) is 21.0. The molecule has 1 fully saturated rings. The Hall–Kier alpha value is -4.38. The van der Waals surface area contributed by atoms with Gasteiger partial charge in [-0.15, -0.1) is 0 Å². The molecule has 1 aliphatic heterocycles. The number of aryl methyl sites for hydroxylation is 1. The number of ether oxygens (including phenoxy) is 2. The van der Waals surface area contributed by atoms with Crippen LogP contribution in [0.15, 0.2) is 54.9 Å². The number of amides is 1. The normalized spacial score (nSPS) is 14.9. The Morgan fingerprint density at radius 3 is 2.70 bits per heavy atom. The number of carbonyl (C=O) groups is 1. The van der Waals surface area contributed by atoms with Crippen molar-refractivity contribution >= 4 is 11.4 Å². The molecule has 1 saturated heterocycles. The minimum atomic E-state index is -0.550. The van der Waals surface area contributed by atoms with Gasteiger partial charge in [0.05, 0.1) is 24.0 Å². The average Bonchev–Trinajstić information content (AvgIpc) is 3.56. The summed E-state index contributed by atoms with van der Waals surface area (Å²) in [5, 5.41) is 0. The van der Waals surface area contributed by atoms with Crippen molar-refractivity contribution < 1.29 is 18.7 Å². The summed E-state index contributed by atoms with van der Waals surface area (Å²) in [6.45, 7) is 4.97. The molecule has 2 aromatic heterocycles. The van der Waals surface area contributed by atoms with E-state index in [1.54, 1.807) is 48.4 Å². The van der Waals surface area contributed by atoms with Crippen molar-refractivity contribution in [2.45, 2.75) is 32.6 Å². The van der Waals surface area contributed by atoms with Gasteiger partial charge in [-0.3, -0.25) is 14.2 Å². The quantitative estimate of drug-likeness (QED) is 0.340. The molecule has 0 spiro atoms. The molecule has 2 aromatic carbocycles. The van der Waals surface area contributed by atoms with Crippen molar-refractivity contribution in [1.82, 2.24) is 19.3 Å². The van der Waals surface area contributed by atoms with E-state index < -0.39 is 5.82 Å². The second-order valence-corrected chi connectivity index (χ2v) is 8.78. The Labute approximate surface area is 214 Å². The molecule has 3 heterocycles. The van der Waals surface area contributed by atoms with Gasteiger partial charge in [0.2, 0.25) is 5.82 Å². The summed E-state index contributed by atoms with van der Waals surface area (Å²) in [5.74, 6) is 6.33. The zero-order valence-electron chi connectivity index (χ0n) is 21.0. The number of nitrogens with zero attached hydrogens (tertiary/aromatic N) is 4. The molecule has 7 nitrogen and oxygen atoms in total. The van der Waals surface area contributed by atoms with E-state index in [4.69, 9.17) is 14.5 Å². The number of benzene rings is 2. The summed E-state index contributed by atoms with van der Waals surface area (Å²) in [6, 6.07) is 12.2. The zero-order chi connectivity index (χ0) is 25.9. The van der Waals surface area contributed by atoms with E-state index in [9.17, 15) is 9.18 Å². The van der Waals surface area contributed by atoms with E-state index in [0.29, 0.717) is 18.8 Å². The molecule has 1 aliphatic rings. The third-order valence-electron chi connectivity index (χ3n) is 6.57. The van der Waals surface area contributed by atoms with Gasteiger partial charge in [-0.25, -0.2) is 4.98 Å². The maximum Gasteiger partial charge on any atom is 0.298 e. The van der Waals surface area contributed by atoms with Gasteiger partial charge in [0.15, 0.2) is 11.5 Å². The molecule has 1 unspecified atom stereocenters. The predicted molar refractivity (Wildman–Crippen MR) is 138 cm³/mol. The number of hydrogen-bond donors (Lipinski definition) is 0. The fourth-order valence-electron chi connectivity index (χ4n) is 4.75. The molecule has 1 atom stereocenters. The number of imidazole rings is 1. The number of rotatable bonds is 6. The minimum absolute atomic E-state index is 0.0902. The average molecular weight is 499 g/mol. The molecule has 0 radical (unpaired) electrons. The highest BCUT2D eigenvalue weighted by atomic mass is 19.1. The number of methoxy groups -OCH3 is 1. The van der Waals surface area contributed by atoms with E-state index in [1.165, 1.54) is 7.11 Å². The van der Waals surface area contributed by atoms with Gasteiger partial charge >= 0.3 is 0 Å². The second kappa shape index (κ2) is 10.3. The van der Waals surface area contributed by atoms with Crippen LogP contribution in [0.1, 0.15) is 37.7 Å². The highest BCUT2D eigenvalue weighted by molar-refractivity contribution is 5.93. The van der Waals surface area contributed by atoms with Crippen LogP contribution < -0.4 is 9.47 Å². The molecule has 1 amide bonds. The molecule has 4 aromatic rings. The van der Waals surface area contributed by atoms with Crippen molar-refractivity contribution in [2.75, 3.05) is 20.2 Å². The van der Waals surface area contributed by atoms with Gasteiger partial charge in [-0.1, -0.05) is 18.9 Å². The Bertz CT molecular complexity index is 1520. The van der Waals surface area contributed by atoms with E-state index in [-0.39, 0.29) is 23.3 Å². The lowest BCUT2D eigenvalue weighted by atomic mass is 10.1. The standard InChI is InChI=1S/C29H27FN4O3/c1-4-7-25(35)33-16-14-20(18-33)29-32-27(28-22(5-2)31-15-17-34(28)29)19-10-12-21(13-11-19)37-24-9-6-8-23(36-3)26(24)30/h6,8-13,15,17,20H,5,14,16,18H2,1-3H3. The third kappa shape index (κ3) is 4.60. The lowest BCUT2D eigenvalue weighted by Gasteiger charge is -2.12. The molecule has 0 aliphatic carbocycles. The number of fused-ring (bicyclic) bond motifs is 1. The van der Waals surface area contributed by atoms with Crippen molar-refractivity contribution in [3.05, 3.63) is 72.2 Å². The Morgan fingerprint density at radius 1 is 1.19 bits per heavy atom. The van der Waals surface area contributed by atoms with E-state index >= 15 is 0 Å². The van der Waals surface area contributed by atoms with Gasteiger partial charge in [0.1, 0.15) is 11.6 Å². The number of halogens is 1. The highest BCUT2D eigenvalue weighted by Crippen LogP contribution is 2.35. The van der Waals surface area contributed by atoms with Crippen molar-refractivity contribution in [3.8, 4) is 40.3 Å². The van der Waals surface area contributed by atoms with Crippen LogP contribution in [-0.2, 0) is 11.2 Å². The predicted octanol–water partition coefficient (Wildman–Crippen LogP) is 5.24. The van der Waals surface area contributed by atoms with Crippen LogP contribution >= 0.6 is 0 Å².